The van der Waals surface area contributed by atoms with Gasteiger partial charge in [0.05, 0.1) is 11.7 Å². The molecule has 0 bridgehead atoms. The lowest BCUT2D eigenvalue weighted by Crippen LogP contribution is -2.46. The minimum Gasteiger partial charge on any atom is -0.490 e. The maximum Gasteiger partial charge on any atom is 0.198 e. The van der Waals surface area contributed by atoms with Gasteiger partial charge in [0.2, 0.25) is 0 Å². The van der Waals surface area contributed by atoms with Gasteiger partial charge in [-0.25, -0.2) is 0 Å². The highest BCUT2D eigenvalue weighted by Crippen LogP contribution is 2.33. The van der Waals surface area contributed by atoms with Gasteiger partial charge < -0.3 is 14.2 Å². The molecule has 0 aromatic heterocycles. The van der Waals surface area contributed by atoms with Crippen LogP contribution in [0.4, 0.5) is 0 Å². The van der Waals surface area contributed by atoms with Gasteiger partial charge >= 0.3 is 0 Å². The third-order valence-electron chi connectivity index (χ3n) is 3.63. The van der Waals surface area contributed by atoms with E-state index in [9.17, 15) is 4.79 Å². The summed E-state index contributed by atoms with van der Waals surface area (Å²) >= 11 is 0. The molecule has 0 spiro atoms. The summed E-state index contributed by atoms with van der Waals surface area (Å²) in [6.45, 7) is 7.44. The van der Waals surface area contributed by atoms with Gasteiger partial charge in [0.25, 0.3) is 0 Å². The molecule has 21 heavy (non-hydrogen) atoms. The van der Waals surface area contributed by atoms with Crippen molar-refractivity contribution in [3.8, 4) is 5.75 Å². The van der Waals surface area contributed by atoms with E-state index >= 15 is 0 Å². The topological polar surface area (TPSA) is 44.8 Å². The van der Waals surface area contributed by atoms with E-state index in [0.717, 1.165) is 0 Å². The molecule has 0 radical (unpaired) electrons. The van der Waals surface area contributed by atoms with Gasteiger partial charge in [-0.05, 0) is 32.9 Å². The normalized spacial score (nSPS) is 17.7. The largest absolute Gasteiger partial charge is 0.490 e. The molecule has 4 nitrogen and oxygen atoms in total. The van der Waals surface area contributed by atoms with E-state index < -0.39 is 5.60 Å². The second-order valence-electron chi connectivity index (χ2n) is 5.53. The number of para-hydroxylation sites is 1. The number of ketones is 1. The van der Waals surface area contributed by atoms with Gasteiger partial charge in [-0.2, -0.15) is 0 Å². The average Bonchev–Trinajstić information content (AvgIpc) is 2.48. The Kier molecular flexibility index (Phi) is 5.37. The summed E-state index contributed by atoms with van der Waals surface area (Å²) in [7, 11) is 0. The van der Waals surface area contributed by atoms with Crippen LogP contribution in [0.25, 0.3) is 0 Å². The number of Topliss-reactive ketones (excluding diaryl/α,β-unsaturated/α-hetero) is 1. The van der Waals surface area contributed by atoms with Gasteiger partial charge in [0.1, 0.15) is 11.4 Å². The second-order valence-corrected chi connectivity index (χ2v) is 5.53. The highest BCUT2D eigenvalue weighted by atomic mass is 16.5. The Hall–Kier alpha value is -1.39. The van der Waals surface area contributed by atoms with Gasteiger partial charge in [0, 0.05) is 32.7 Å². The van der Waals surface area contributed by atoms with E-state index in [1.807, 2.05) is 45.0 Å². The second kappa shape index (κ2) is 7.05. The van der Waals surface area contributed by atoms with Gasteiger partial charge in [-0.3, -0.25) is 4.79 Å². The van der Waals surface area contributed by atoms with Crippen LogP contribution in [0.2, 0.25) is 0 Å². The van der Waals surface area contributed by atoms with Crippen LogP contribution in [-0.2, 0) is 9.47 Å². The van der Waals surface area contributed by atoms with Gasteiger partial charge in [0.15, 0.2) is 5.78 Å². The van der Waals surface area contributed by atoms with Crippen molar-refractivity contribution in [2.75, 3.05) is 19.8 Å². The van der Waals surface area contributed by atoms with Crippen molar-refractivity contribution in [1.29, 1.82) is 0 Å². The van der Waals surface area contributed by atoms with Crippen LogP contribution in [0.5, 0.6) is 5.75 Å². The highest BCUT2D eigenvalue weighted by molar-refractivity contribution is 6.04. The number of rotatable bonds is 6. The van der Waals surface area contributed by atoms with E-state index in [1.165, 1.54) is 0 Å². The number of hydrogen-bond acceptors (Lipinski definition) is 4. The Labute approximate surface area is 126 Å². The Morgan fingerprint density at radius 3 is 2.57 bits per heavy atom. The van der Waals surface area contributed by atoms with Crippen molar-refractivity contribution in [2.45, 2.75) is 45.3 Å². The number of carbonyl (C=O) groups is 1. The van der Waals surface area contributed by atoms with E-state index in [4.69, 9.17) is 14.2 Å². The summed E-state index contributed by atoms with van der Waals surface area (Å²) in [6.07, 6.45) is 1.21. The fourth-order valence-electron chi connectivity index (χ4n) is 2.67. The molecule has 0 amide bonds. The molecule has 0 unspecified atom stereocenters. The minimum atomic E-state index is -0.774. The molecule has 2 rings (SSSR count). The van der Waals surface area contributed by atoms with Crippen LogP contribution < -0.4 is 4.74 Å². The lowest BCUT2D eigenvalue weighted by Gasteiger charge is -2.35. The first-order chi connectivity index (χ1) is 10.1. The molecular weight excluding hydrogens is 268 g/mol. The SMILES string of the molecule is CCOC1(C(=O)c2ccccc2OC(C)C)CCOCC1. The molecule has 1 aliphatic rings. The molecule has 116 valence electrons. The molecule has 0 aliphatic carbocycles. The van der Waals surface area contributed by atoms with E-state index in [-0.39, 0.29) is 11.9 Å². The third kappa shape index (κ3) is 3.63. The summed E-state index contributed by atoms with van der Waals surface area (Å²) in [5, 5.41) is 0. The Morgan fingerprint density at radius 1 is 1.29 bits per heavy atom. The van der Waals surface area contributed by atoms with Crippen LogP contribution in [0.3, 0.4) is 0 Å². The Morgan fingerprint density at radius 2 is 1.95 bits per heavy atom. The zero-order chi connectivity index (χ0) is 15.3. The summed E-state index contributed by atoms with van der Waals surface area (Å²) in [5.41, 5.74) is -0.176. The fraction of sp³-hybridized carbons (Fsp3) is 0.588. The van der Waals surface area contributed by atoms with Crippen molar-refractivity contribution < 1.29 is 19.0 Å². The van der Waals surface area contributed by atoms with Crippen molar-refractivity contribution in [3.05, 3.63) is 29.8 Å². The van der Waals surface area contributed by atoms with E-state index in [2.05, 4.69) is 0 Å². The zero-order valence-corrected chi connectivity index (χ0v) is 13.1. The summed E-state index contributed by atoms with van der Waals surface area (Å²) in [4.78, 5) is 13.1. The summed E-state index contributed by atoms with van der Waals surface area (Å²) in [6, 6.07) is 7.40. The van der Waals surface area contributed by atoms with Crippen molar-refractivity contribution in [1.82, 2.24) is 0 Å². The zero-order valence-electron chi connectivity index (χ0n) is 13.1. The standard InChI is InChI=1S/C17H24O4/c1-4-20-17(9-11-19-12-10-17)16(18)14-7-5-6-8-15(14)21-13(2)3/h5-8,13H,4,9-12H2,1-3H3. The molecule has 4 heteroatoms. The van der Waals surface area contributed by atoms with Gasteiger partial charge in [-0.1, -0.05) is 12.1 Å². The van der Waals surface area contributed by atoms with Crippen molar-refractivity contribution >= 4 is 5.78 Å². The maximum atomic E-state index is 13.1. The monoisotopic (exact) mass is 292 g/mol. The number of benzene rings is 1. The lowest BCUT2D eigenvalue weighted by molar-refractivity contribution is -0.0823. The van der Waals surface area contributed by atoms with Crippen LogP contribution in [-0.4, -0.2) is 37.3 Å². The molecule has 1 heterocycles. The van der Waals surface area contributed by atoms with Crippen LogP contribution in [0.15, 0.2) is 24.3 Å². The van der Waals surface area contributed by atoms with Gasteiger partial charge in [-0.15, -0.1) is 0 Å². The van der Waals surface area contributed by atoms with Crippen LogP contribution in [0, 0.1) is 0 Å². The molecular formula is C17H24O4. The van der Waals surface area contributed by atoms with Crippen molar-refractivity contribution in [2.24, 2.45) is 0 Å². The number of carbonyl (C=O) groups excluding carboxylic acids is 1. The molecule has 1 fully saturated rings. The highest BCUT2D eigenvalue weighted by Gasteiger charge is 2.42. The van der Waals surface area contributed by atoms with Crippen LogP contribution in [0.1, 0.15) is 44.0 Å². The Bertz CT molecular complexity index is 470. The predicted molar refractivity (Wildman–Crippen MR) is 80.9 cm³/mol. The molecule has 0 atom stereocenters. The van der Waals surface area contributed by atoms with Crippen molar-refractivity contribution in [3.63, 3.8) is 0 Å². The molecule has 1 aromatic rings. The molecule has 1 saturated heterocycles. The smallest absolute Gasteiger partial charge is 0.198 e. The lowest BCUT2D eigenvalue weighted by atomic mass is 9.85. The number of ether oxygens (including phenoxy) is 3. The third-order valence-corrected chi connectivity index (χ3v) is 3.63. The summed E-state index contributed by atoms with van der Waals surface area (Å²) in [5.74, 6) is 0.631. The summed E-state index contributed by atoms with van der Waals surface area (Å²) < 4.78 is 17.0. The Balaban J connectivity index is 2.32. The molecule has 1 aromatic carbocycles. The maximum absolute atomic E-state index is 13.1. The van der Waals surface area contributed by atoms with Crippen LogP contribution >= 0.6 is 0 Å². The first-order valence-electron chi connectivity index (χ1n) is 7.61. The average molecular weight is 292 g/mol. The predicted octanol–water partition coefficient (Wildman–Crippen LogP) is 3.24. The minimum absolute atomic E-state index is 0.00361. The fourth-order valence-corrected chi connectivity index (χ4v) is 2.67. The van der Waals surface area contributed by atoms with E-state index in [0.29, 0.717) is 44.0 Å². The molecule has 0 N–H and O–H groups in total. The molecule has 1 aliphatic heterocycles. The van der Waals surface area contributed by atoms with E-state index in [1.54, 1.807) is 0 Å². The molecule has 0 saturated carbocycles. The number of hydrogen-bond donors (Lipinski definition) is 0. The first-order valence-corrected chi connectivity index (χ1v) is 7.61. The quantitative estimate of drug-likeness (QED) is 0.755. The first kappa shape index (κ1) is 16.0.